The minimum Gasteiger partial charge on any atom is -0.467 e. The van der Waals surface area contributed by atoms with Crippen LogP contribution in [0.1, 0.15) is 17.7 Å². The van der Waals surface area contributed by atoms with Gasteiger partial charge in [-0.2, -0.15) is 0 Å². The number of halogens is 1. The fourth-order valence-electron chi connectivity index (χ4n) is 2.67. The average Bonchev–Trinajstić information content (AvgIpc) is 3.16. The number of rotatable bonds is 5. The summed E-state index contributed by atoms with van der Waals surface area (Å²) in [7, 11) is 0. The van der Waals surface area contributed by atoms with Crippen LogP contribution in [0.15, 0.2) is 51.6 Å². The van der Waals surface area contributed by atoms with Crippen LogP contribution < -0.4 is 5.32 Å². The van der Waals surface area contributed by atoms with Crippen molar-refractivity contribution in [2.75, 3.05) is 6.54 Å². The summed E-state index contributed by atoms with van der Waals surface area (Å²) in [5, 5.41) is 2.91. The van der Waals surface area contributed by atoms with Crippen LogP contribution >= 0.6 is 15.9 Å². The lowest BCUT2D eigenvalue weighted by atomic mass is 10.1. The van der Waals surface area contributed by atoms with Crippen LogP contribution in [0.2, 0.25) is 0 Å². The third-order valence-electron chi connectivity index (χ3n) is 3.87. The highest BCUT2D eigenvalue weighted by atomic mass is 79.9. The number of carbonyl (C=O) groups excluding carboxylic acids is 2. The maximum atomic E-state index is 12.3. The molecule has 3 rings (SSSR count). The number of hydrogen-bond donors (Lipinski definition) is 1. The zero-order valence-electron chi connectivity index (χ0n) is 12.5. The maximum Gasteiger partial charge on any atom is 0.225 e. The normalized spacial score (nSPS) is 17.5. The van der Waals surface area contributed by atoms with Crippen LogP contribution in [0, 0.1) is 5.92 Å². The Hall–Kier alpha value is -2.08. The molecule has 1 atom stereocenters. The number of nitrogens with zero attached hydrogens (tertiary/aromatic N) is 1. The van der Waals surface area contributed by atoms with E-state index in [0.29, 0.717) is 19.6 Å². The molecule has 1 aliphatic heterocycles. The standard InChI is InChI=1S/C17H17BrN2O3/c18-14-4-1-3-12(7-14)9-19-17(22)13-8-16(21)20(10-13)11-15-5-2-6-23-15/h1-7,13H,8-11H2,(H,19,22)/t13-/m0/s1. The summed E-state index contributed by atoms with van der Waals surface area (Å²) in [5.41, 5.74) is 1.02. The van der Waals surface area contributed by atoms with E-state index >= 15 is 0 Å². The van der Waals surface area contributed by atoms with Crippen LogP contribution in [-0.4, -0.2) is 23.3 Å². The van der Waals surface area contributed by atoms with Crippen molar-refractivity contribution in [2.45, 2.75) is 19.5 Å². The summed E-state index contributed by atoms with van der Waals surface area (Å²) in [5.74, 6) is 0.336. The van der Waals surface area contributed by atoms with Gasteiger partial charge in [0.05, 0.1) is 18.7 Å². The highest BCUT2D eigenvalue weighted by Crippen LogP contribution is 2.21. The molecule has 1 aliphatic rings. The minimum atomic E-state index is -0.301. The van der Waals surface area contributed by atoms with Crippen molar-refractivity contribution in [3.8, 4) is 0 Å². The van der Waals surface area contributed by atoms with Gasteiger partial charge in [-0.05, 0) is 29.8 Å². The molecule has 0 spiro atoms. The second kappa shape index (κ2) is 7.00. The number of amides is 2. The van der Waals surface area contributed by atoms with E-state index < -0.39 is 0 Å². The van der Waals surface area contributed by atoms with E-state index in [9.17, 15) is 9.59 Å². The van der Waals surface area contributed by atoms with Gasteiger partial charge in [-0.1, -0.05) is 28.1 Å². The largest absolute Gasteiger partial charge is 0.467 e. The second-order valence-corrected chi connectivity index (χ2v) is 6.52. The van der Waals surface area contributed by atoms with Gasteiger partial charge in [-0.3, -0.25) is 9.59 Å². The van der Waals surface area contributed by atoms with Gasteiger partial charge in [0.15, 0.2) is 0 Å². The van der Waals surface area contributed by atoms with Crippen molar-refractivity contribution in [1.29, 1.82) is 0 Å². The average molecular weight is 377 g/mol. The predicted molar refractivity (Wildman–Crippen MR) is 88.2 cm³/mol. The van der Waals surface area contributed by atoms with Crippen LogP contribution in [0.4, 0.5) is 0 Å². The number of likely N-dealkylation sites (tertiary alicyclic amines) is 1. The maximum absolute atomic E-state index is 12.3. The first-order valence-corrected chi connectivity index (χ1v) is 8.23. The fourth-order valence-corrected chi connectivity index (χ4v) is 3.12. The molecule has 1 fully saturated rings. The Kier molecular flexibility index (Phi) is 4.81. The molecule has 1 aromatic heterocycles. The van der Waals surface area contributed by atoms with E-state index in [-0.39, 0.29) is 24.2 Å². The summed E-state index contributed by atoms with van der Waals surface area (Å²) in [6.45, 7) is 1.31. The molecule has 0 radical (unpaired) electrons. The Morgan fingerprint density at radius 3 is 2.96 bits per heavy atom. The molecule has 1 N–H and O–H groups in total. The van der Waals surface area contributed by atoms with E-state index in [1.807, 2.05) is 30.3 Å². The summed E-state index contributed by atoms with van der Waals surface area (Å²) in [6, 6.07) is 11.4. The first kappa shape index (κ1) is 15.8. The number of benzene rings is 1. The van der Waals surface area contributed by atoms with Gasteiger partial charge in [-0.25, -0.2) is 0 Å². The third kappa shape index (κ3) is 4.01. The first-order chi connectivity index (χ1) is 11.1. The van der Waals surface area contributed by atoms with Gasteiger partial charge in [0.25, 0.3) is 0 Å². The lowest BCUT2D eigenvalue weighted by Gasteiger charge is -2.15. The van der Waals surface area contributed by atoms with Gasteiger partial charge in [-0.15, -0.1) is 0 Å². The molecular formula is C17H17BrN2O3. The summed E-state index contributed by atoms with van der Waals surface area (Å²) in [6.07, 6.45) is 1.84. The molecule has 0 bridgehead atoms. The van der Waals surface area contributed by atoms with Crippen LogP contribution in [-0.2, 0) is 22.7 Å². The van der Waals surface area contributed by atoms with Crippen molar-refractivity contribution in [1.82, 2.24) is 10.2 Å². The van der Waals surface area contributed by atoms with Crippen molar-refractivity contribution in [2.24, 2.45) is 5.92 Å². The fraction of sp³-hybridized carbons (Fsp3) is 0.294. The molecule has 23 heavy (non-hydrogen) atoms. The highest BCUT2D eigenvalue weighted by Gasteiger charge is 2.34. The van der Waals surface area contributed by atoms with E-state index in [1.54, 1.807) is 17.2 Å². The smallest absolute Gasteiger partial charge is 0.225 e. The van der Waals surface area contributed by atoms with Gasteiger partial charge in [0.1, 0.15) is 5.76 Å². The van der Waals surface area contributed by atoms with E-state index in [0.717, 1.165) is 15.8 Å². The zero-order chi connectivity index (χ0) is 16.2. The molecular weight excluding hydrogens is 360 g/mol. The van der Waals surface area contributed by atoms with E-state index in [2.05, 4.69) is 21.2 Å². The lowest BCUT2D eigenvalue weighted by Crippen LogP contribution is -2.32. The number of hydrogen-bond acceptors (Lipinski definition) is 3. The van der Waals surface area contributed by atoms with Crippen LogP contribution in [0.3, 0.4) is 0 Å². The van der Waals surface area contributed by atoms with Gasteiger partial charge < -0.3 is 14.6 Å². The topological polar surface area (TPSA) is 62.6 Å². The molecule has 1 aromatic carbocycles. The molecule has 2 amide bonds. The SMILES string of the molecule is O=C(NCc1cccc(Br)c1)[C@H]1CC(=O)N(Cc2ccco2)C1. The van der Waals surface area contributed by atoms with Crippen LogP contribution in [0.5, 0.6) is 0 Å². The summed E-state index contributed by atoms with van der Waals surface area (Å²) in [4.78, 5) is 26.0. The second-order valence-electron chi connectivity index (χ2n) is 5.60. The molecule has 6 heteroatoms. The Labute approximate surface area is 142 Å². The molecule has 5 nitrogen and oxygen atoms in total. The van der Waals surface area contributed by atoms with Gasteiger partial charge >= 0.3 is 0 Å². The van der Waals surface area contributed by atoms with E-state index in [4.69, 9.17) is 4.42 Å². The predicted octanol–water partition coefficient (Wildman–Crippen LogP) is 2.71. The minimum absolute atomic E-state index is 0.0102. The molecule has 2 heterocycles. The lowest BCUT2D eigenvalue weighted by molar-refractivity contribution is -0.129. The molecule has 0 unspecified atom stereocenters. The van der Waals surface area contributed by atoms with Crippen LogP contribution in [0.25, 0.3) is 0 Å². The number of furan rings is 1. The van der Waals surface area contributed by atoms with E-state index in [1.165, 1.54) is 0 Å². The monoisotopic (exact) mass is 376 g/mol. The van der Waals surface area contributed by atoms with Crippen molar-refractivity contribution < 1.29 is 14.0 Å². The quantitative estimate of drug-likeness (QED) is 0.872. The molecule has 2 aromatic rings. The molecule has 0 aliphatic carbocycles. The molecule has 120 valence electrons. The summed E-state index contributed by atoms with van der Waals surface area (Å²) < 4.78 is 6.23. The number of carbonyl (C=O) groups is 2. The highest BCUT2D eigenvalue weighted by molar-refractivity contribution is 9.10. The Morgan fingerprint density at radius 2 is 2.22 bits per heavy atom. The van der Waals surface area contributed by atoms with Gasteiger partial charge in [0.2, 0.25) is 11.8 Å². The molecule has 0 saturated carbocycles. The first-order valence-electron chi connectivity index (χ1n) is 7.44. The number of nitrogens with one attached hydrogen (secondary N) is 1. The summed E-state index contributed by atoms with van der Waals surface area (Å²) >= 11 is 3.41. The molecule has 1 saturated heterocycles. The van der Waals surface area contributed by atoms with Crippen molar-refractivity contribution in [3.63, 3.8) is 0 Å². The Balaban J connectivity index is 1.53. The van der Waals surface area contributed by atoms with Gasteiger partial charge in [0, 0.05) is 24.0 Å². The Morgan fingerprint density at radius 1 is 1.35 bits per heavy atom. The zero-order valence-corrected chi connectivity index (χ0v) is 14.1. The van der Waals surface area contributed by atoms with Crippen molar-refractivity contribution in [3.05, 3.63) is 58.5 Å². The third-order valence-corrected chi connectivity index (χ3v) is 4.36. The Bertz CT molecular complexity index is 700. The van der Waals surface area contributed by atoms with Crippen molar-refractivity contribution >= 4 is 27.7 Å².